The van der Waals surface area contributed by atoms with Gasteiger partial charge in [-0.3, -0.25) is 4.84 Å². The van der Waals surface area contributed by atoms with Crippen molar-refractivity contribution in [1.29, 1.82) is 0 Å². The molecule has 3 nitrogen and oxygen atoms in total. The Morgan fingerprint density at radius 3 is 1.89 bits per heavy atom. The first kappa shape index (κ1) is 16.7. The summed E-state index contributed by atoms with van der Waals surface area (Å²) in [4.78, 5) is 6.52. The fourth-order valence-electron chi connectivity index (χ4n) is 4.35. The highest BCUT2D eigenvalue weighted by Gasteiger charge is 2.52. The Morgan fingerprint density at radius 2 is 1.26 bits per heavy atom. The summed E-state index contributed by atoms with van der Waals surface area (Å²) < 4.78 is 6.30. The molecule has 27 heavy (non-hydrogen) atoms. The monoisotopic (exact) mass is 357 g/mol. The van der Waals surface area contributed by atoms with Gasteiger partial charge in [-0.1, -0.05) is 91.0 Å². The molecule has 0 spiro atoms. The molecule has 0 unspecified atom stereocenters. The van der Waals surface area contributed by atoms with E-state index in [1.165, 1.54) is 16.7 Å². The third-order valence-electron chi connectivity index (χ3n) is 5.62. The molecule has 2 saturated heterocycles. The number of ether oxygens (including phenoxy) is 1. The number of hydroxylamine groups is 2. The smallest absolute Gasteiger partial charge is 0.111 e. The van der Waals surface area contributed by atoms with Crippen LogP contribution in [0.1, 0.15) is 28.9 Å². The van der Waals surface area contributed by atoms with Crippen molar-refractivity contribution in [3.05, 3.63) is 108 Å². The lowest BCUT2D eigenvalue weighted by molar-refractivity contribution is -0.192. The highest BCUT2D eigenvalue weighted by Crippen LogP contribution is 2.49. The fourth-order valence-corrected chi connectivity index (χ4v) is 4.35. The number of benzene rings is 3. The van der Waals surface area contributed by atoms with Gasteiger partial charge in [0.05, 0.1) is 12.6 Å². The minimum absolute atomic E-state index is 0.0358. The molecular weight excluding hydrogens is 334 g/mol. The van der Waals surface area contributed by atoms with Crippen LogP contribution >= 0.6 is 0 Å². The second-order valence-electron chi connectivity index (χ2n) is 7.32. The van der Waals surface area contributed by atoms with Gasteiger partial charge in [-0.25, -0.2) is 0 Å². The Kier molecular flexibility index (Phi) is 4.50. The van der Waals surface area contributed by atoms with Crippen molar-refractivity contribution < 1.29 is 9.57 Å². The first-order valence-corrected chi connectivity index (χ1v) is 9.59. The number of rotatable bonds is 4. The molecule has 0 bridgehead atoms. The molecule has 5 rings (SSSR count). The lowest BCUT2D eigenvalue weighted by Crippen LogP contribution is -2.33. The highest BCUT2D eigenvalue weighted by molar-refractivity contribution is 5.26. The second-order valence-corrected chi connectivity index (χ2v) is 7.32. The van der Waals surface area contributed by atoms with E-state index in [1.54, 1.807) is 0 Å². The quantitative estimate of drug-likeness (QED) is 0.661. The molecular formula is C24H23NO2. The molecule has 2 aliphatic rings. The fraction of sp³-hybridized carbons (Fsp3) is 0.250. The molecule has 0 radical (unpaired) electrons. The van der Waals surface area contributed by atoms with Crippen LogP contribution in [-0.4, -0.2) is 17.7 Å². The SMILES string of the molecule is c1ccc(CN2O[C@@H](c3ccccc3)[C@@H]3CO[C@@H](c4ccccc4)[C@@H]32)cc1. The van der Waals surface area contributed by atoms with E-state index >= 15 is 0 Å². The first-order valence-electron chi connectivity index (χ1n) is 9.59. The topological polar surface area (TPSA) is 21.7 Å². The van der Waals surface area contributed by atoms with Gasteiger partial charge in [0, 0.05) is 12.5 Å². The molecule has 2 fully saturated rings. The van der Waals surface area contributed by atoms with Gasteiger partial charge in [0.2, 0.25) is 0 Å². The number of hydrogen-bond donors (Lipinski definition) is 0. The van der Waals surface area contributed by atoms with E-state index in [-0.39, 0.29) is 18.2 Å². The Labute approximate surface area is 160 Å². The molecule has 3 aromatic rings. The van der Waals surface area contributed by atoms with Gasteiger partial charge >= 0.3 is 0 Å². The van der Waals surface area contributed by atoms with Crippen LogP contribution in [0.25, 0.3) is 0 Å². The van der Waals surface area contributed by atoms with Gasteiger partial charge in [0.15, 0.2) is 0 Å². The van der Waals surface area contributed by atoms with E-state index in [0.717, 1.165) is 13.2 Å². The maximum absolute atomic E-state index is 6.52. The van der Waals surface area contributed by atoms with Crippen molar-refractivity contribution in [2.24, 2.45) is 5.92 Å². The summed E-state index contributed by atoms with van der Waals surface area (Å²) in [5.74, 6) is 0.321. The molecule has 2 aliphatic heterocycles. The van der Waals surface area contributed by atoms with Crippen LogP contribution in [0.5, 0.6) is 0 Å². The third-order valence-corrected chi connectivity index (χ3v) is 5.62. The Hall–Kier alpha value is -2.46. The van der Waals surface area contributed by atoms with Gasteiger partial charge in [-0.2, -0.15) is 5.06 Å². The summed E-state index contributed by atoms with van der Waals surface area (Å²) in [6, 6.07) is 31.8. The molecule has 3 aromatic carbocycles. The second kappa shape index (κ2) is 7.28. The zero-order valence-corrected chi connectivity index (χ0v) is 15.1. The van der Waals surface area contributed by atoms with Crippen molar-refractivity contribution in [3.8, 4) is 0 Å². The summed E-state index contributed by atoms with van der Waals surface area (Å²) >= 11 is 0. The van der Waals surface area contributed by atoms with Crippen molar-refractivity contribution >= 4 is 0 Å². The van der Waals surface area contributed by atoms with Gasteiger partial charge in [-0.05, 0) is 16.7 Å². The predicted molar refractivity (Wildman–Crippen MR) is 105 cm³/mol. The van der Waals surface area contributed by atoms with Crippen molar-refractivity contribution in [2.75, 3.05) is 6.61 Å². The van der Waals surface area contributed by atoms with Crippen molar-refractivity contribution in [2.45, 2.75) is 24.8 Å². The van der Waals surface area contributed by atoms with E-state index in [4.69, 9.17) is 9.57 Å². The zero-order chi connectivity index (χ0) is 18.1. The summed E-state index contributed by atoms with van der Waals surface area (Å²) in [5.41, 5.74) is 3.70. The molecule has 2 heterocycles. The molecule has 4 atom stereocenters. The molecule has 136 valence electrons. The maximum atomic E-state index is 6.52. The van der Waals surface area contributed by atoms with Crippen LogP contribution in [0, 0.1) is 5.92 Å². The lowest BCUT2D eigenvalue weighted by Gasteiger charge is -2.26. The zero-order valence-electron chi connectivity index (χ0n) is 15.1. The summed E-state index contributed by atoms with van der Waals surface area (Å²) in [5, 5.41) is 2.16. The number of hydrogen-bond acceptors (Lipinski definition) is 3. The predicted octanol–water partition coefficient (Wildman–Crippen LogP) is 4.93. The minimum atomic E-state index is 0.0358. The van der Waals surface area contributed by atoms with Crippen molar-refractivity contribution in [3.63, 3.8) is 0 Å². The van der Waals surface area contributed by atoms with E-state index in [0.29, 0.717) is 5.92 Å². The van der Waals surface area contributed by atoms with Crippen molar-refractivity contribution in [1.82, 2.24) is 5.06 Å². The summed E-state index contributed by atoms with van der Waals surface area (Å²) in [6.45, 7) is 1.48. The first-order chi connectivity index (χ1) is 13.4. The Bertz CT molecular complexity index is 831. The van der Waals surface area contributed by atoms with Crippen LogP contribution in [0.3, 0.4) is 0 Å². The normalized spacial score (nSPS) is 27.6. The minimum Gasteiger partial charge on any atom is -0.371 e. The molecule has 0 aliphatic carbocycles. The Balaban J connectivity index is 1.48. The highest BCUT2D eigenvalue weighted by atomic mass is 16.7. The van der Waals surface area contributed by atoms with Crippen LogP contribution in [0.2, 0.25) is 0 Å². The average Bonchev–Trinajstić information content (AvgIpc) is 3.32. The molecule has 0 saturated carbocycles. The lowest BCUT2D eigenvalue weighted by atomic mass is 9.88. The third kappa shape index (κ3) is 3.19. The summed E-state index contributed by atoms with van der Waals surface area (Å²) in [6.07, 6.45) is 0.0715. The van der Waals surface area contributed by atoms with Gasteiger partial charge < -0.3 is 4.74 Å². The molecule has 0 N–H and O–H groups in total. The molecule has 0 amide bonds. The average molecular weight is 357 g/mol. The molecule has 0 aromatic heterocycles. The maximum Gasteiger partial charge on any atom is 0.111 e. The largest absolute Gasteiger partial charge is 0.371 e. The van der Waals surface area contributed by atoms with Crippen LogP contribution < -0.4 is 0 Å². The van der Waals surface area contributed by atoms with Crippen LogP contribution in [-0.2, 0) is 16.1 Å². The van der Waals surface area contributed by atoms with Crippen LogP contribution in [0.4, 0.5) is 0 Å². The van der Waals surface area contributed by atoms with Gasteiger partial charge in [-0.15, -0.1) is 0 Å². The van der Waals surface area contributed by atoms with Gasteiger partial charge in [0.1, 0.15) is 12.2 Å². The van der Waals surface area contributed by atoms with E-state index < -0.39 is 0 Å². The van der Waals surface area contributed by atoms with Gasteiger partial charge in [0.25, 0.3) is 0 Å². The summed E-state index contributed by atoms with van der Waals surface area (Å²) in [7, 11) is 0. The van der Waals surface area contributed by atoms with Crippen LogP contribution in [0.15, 0.2) is 91.0 Å². The standard InChI is InChI=1S/C24H23NO2/c1-4-10-18(11-5-1)16-25-22-21(23(27-25)19-12-6-2-7-13-19)17-26-24(22)20-14-8-3-9-15-20/h1-15,21-24H,16-17H2/t21-,22-,23+,24+/m1/s1. The van der Waals surface area contributed by atoms with E-state index in [1.807, 2.05) is 0 Å². The Morgan fingerprint density at radius 1 is 0.704 bits per heavy atom. The van der Waals surface area contributed by atoms with E-state index in [2.05, 4.69) is 96.1 Å². The number of nitrogens with zero attached hydrogens (tertiary/aromatic N) is 1. The molecule has 3 heteroatoms. The number of fused-ring (bicyclic) bond motifs is 1. The van der Waals surface area contributed by atoms with E-state index in [9.17, 15) is 0 Å².